The van der Waals surface area contributed by atoms with Crippen LogP contribution in [0.4, 0.5) is 5.69 Å². The second-order valence-electron chi connectivity index (χ2n) is 6.32. The molecule has 2 N–H and O–H groups in total. The van der Waals surface area contributed by atoms with Gasteiger partial charge in [-0.25, -0.2) is 0 Å². The Bertz CT molecular complexity index is 978. The lowest BCUT2D eigenvalue weighted by Gasteiger charge is -2.16. The number of amides is 2. The standard InChI is InChI=1S/C22H20BrN3O3/c1-15(16-10-12-24-13-11-16)25-22(28)19-4-2-3-5-20(19)29-14-21(27)26-18-8-6-17(23)7-9-18/h2-13,15H,14H2,1H3,(H,25,28)(H,26,27). The number of nitrogens with one attached hydrogen (secondary N) is 2. The highest BCUT2D eigenvalue weighted by Gasteiger charge is 2.16. The SMILES string of the molecule is CC(NC(=O)c1ccccc1OCC(=O)Nc1ccc(Br)cc1)c1ccncc1. The largest absolute Gasteiger partial charge is 0.483 e. The van der Waals surface area contributed by atoms with Crippen LogP contribution in [0, 0.1) is 0 Å². The first-order valence-electron chi connectivity index (χ1n) is 9.01. The molecule has 3 aromatic rings. The maximum Gasteiger partial charge on any atom is 0.262 e. The van der Waals surface area contributed by atoms with Gasteiger partial charge in [-0.3, -0.25) is 14.6 Å². The van der Waals surface area contributed by atoms with E-state index in [4.69, 9.17) is 4.74 Å². The second kappa shape index (κ2) is 9.84. The van der Waals surface area contributed by atoms with Crippen molar-refractivity contribution in [2.24, 2.45) is 0 Å². The lowest BCUT2D eigenvalue weighted by Crippen LogP contribution is -2.27. The van der Waals surface area contributed by atoms with E-state index < -0.39 is 0 Å². The summed E-state index contributed by atoms with van der Waals surface area (Å²) in [5, 5.41) is 5.68. The highest BCUT2D eigenvalue weighted by Crippen LogP contribution is 2.20. The van der Waals surface area contributed by atoms with Gasteiger partial charge >= 0.3 is 0 Å². The van der Waals surface area contributed by atoms with Crippen LogP contribution in [0.5, 0.6) is 5.75 Å². The number of aromatic nitrogens is 1. The molecule has 7 heteroatoms. The van der Waals surface area contributed by atoms with E-state index in [0.717, 1.165) is 10.0 Å². The van der Waals surface area contributed by atoms with Gasteiger partial charge in [0, 0.05) is 22.6 Å². The van der Waals surface area contributed by atoms with Crippen LogP contribution in [-0.2, 0) is 4.79 Å². The molecule has 0 saturated carbocycles. The minimum atomic E-state index is -0.312. The smallest absolute Gasteiger partial charge is 0.262 e. The van der Waals surface area contributed by atoms with Crippen molar-refractivity contribution in [1.82, 2.24) is 10.3 Å². The van der Waals surface area contributed by atoms with Crippen molar-refractivity contribution >= 4 is 33.4 Å². The summed E-state index contributed by atoms with van der Waals surface area (Å²) in [4.78, 5) is 28.8. The average Bonchev–Trinajstić information content (AvgIpc) is 2.74. The number of ether oxygens (including phenoxy) is 1. The molecule has 0 aliphatic carbocycles. The maximum absolute atomic E-state index is 12.7. The molecule has 0 aliphatic heterocycles. The molecule has 0 bridgehead atoms. The molecule has 3 rings (SSSR count). The van der Waals surface area contributed by atoms with Crippen LogP contribution >= 0.6 is 15.9 Å². The van der Waals surface area contributed by atoms with Crippen LogP contribution in [0.25, 0.3) is 0 Å². The second-order valence-corrected chi connectivity index (χ2v) is 7.23. The van der Waals surface area contributed by atoms with Crippen LogP contribution < -0.4 is 15.4 Å². The third kappa shape index (κ3) is 5.89. The number of carbonyl (C=O) groups is 2. The average molecular weight is 454 g/mol. The third-order valence-electron chi connectivity index (χ3n) is 4.17. The number of carbonyl (C=O) groups excluding carboxylic acids is 2. The van der Waals surface area contributed by atoms with Gasteiger partial charge in [0.2, 0.25) is 0 Å². The Morgan fingerprint density at radius 3 is 2.45 bits per heavy atom. The van der Waals surface area contributed by atoms with Gasteiger partial charge in [0.05, 0.1) is 11.6 Å². The van der Waals surface area contributed by atoms with Crippen LogP contribution in [0.2, 0.25) is 0 Å². The van der Waals surface area contributed by atoms with Gasteiger partial charge in [-0.2, -0.15) is 0 Å². The topological polar surface area (TPSA) is 80.3 Å². The van der Waals surface area contributed by atoms with Gasteiger partial charge in [-0.05, 0) is 61.0 Å². The highest BCUT2D eigenvalue weighted by atomic mass is 79.9. The Balaban J connectivity index is 1.61. The molecule has 2 amide bonds. The van der Waals surface area contributed by atoms with Crippen molar-refractivity contribution in [1.29, 1.82) is 0 Å². The molecule has 1 aromatic heterocycles. The molecule has 6 nitrogen and oxygen atoms in total. The van der Waals surface area contributed by atoms with Gasteiger partial charge in [-0.15, -0.1) is 0 Å². The molecule has 0 saturated heterocycles. The first kappa shape index (κ1) is 20.5. The van der Waals surface area contributed by atoms with Gasteiger partial charge in [-0.1, -0.05) is 28.1 Å². The van der Waals surface area contributed by atoms with Crippen LogP contribution in [0.1, 0.15) is 28.9 Å². The lowest BCUT2D eigenvalue weighted by atomic mass is 10.1. The van der Waals surface area contributed by atoms with Crippen molar-refractivity contribution < 1.29 is 14.3 Å². The molecule has 29 heavy (non-hydrogen) atoms. The monoisotopic (exact) mass is 453 g/mol. The third-order valence-corrected chi connectivity index (χ3v) is 4.70. The number of rotatable bonds is 7. The predicted molar refractivity (Wildman–Crippen MR) is 115 cm³/mol. The lowest BCUT2D eigenvalue weighted by molar-refractivity contribution is -0.118. The number of hydrogen-bond donors (Lipinski definition) is 2. The number of benzene rings is 2. The van der Waals surface area contributed by atoms with Crippen molar-refractivity contribution in [2.45, 2.75) is 13.0 Å². The van der Waals surface area contributed by atoms with Crippen LogP contribution in [-0.4, -0.2) is 23.4 Å². The van der Waals surface area contributed by atoms with E-state index in [-0.39, 0.29) is 24.5 Å². The highest BCUT2D eigenvalue weighted by molar-refractivity contribution is 9.10. The van der Waals surface area contributed by atoms with Gasteiger partial charge < -0.3 is 15.4 Å². The maximum atomic E-state index is 12.7. The molecule has 0 radical (unpaired) electrons. The summed E-state index contributed by atoms with van der Waals surface area (Å²) in [6.07, 6.45) is 3.36. The zero-order valence-corrected chi connectivity index (χ0v) is 17.3. The van der Waals surface area contributed by atoms with E-state index in [1.807, 2.05) is 31.2 Å². The van der Waals surface area contributed by atoms with E-state index in [2.05, 4.69) is 31.5 Å². The summed E-state index contributed by atoms with van der Waals surface area (Å²) in [6.45, 7) is 1.68. The number of hydrogen-bond acceptors (Lipinski definition) is 4. The van der Waals surface area contributed by atoms with E-state index in [9.17, 15) is 9.59 Å². The molecule has 148 valence electrons. The minimum absolute atomic E-state index is 0.195. The molecule has 0 aliphatic rings. The number of anilines is 1. The predicted octanol–water partition coefficient (Wildman–Crippen LogP) is 4.35. The summed E-state index contributed by atoms with van der Waals surface area (Å²) in [7, 11) is 0. The zero-order chi connectivity index (χ0) is 20.6. The van der Waals surface area contributed by atoms with E-state index >= 15 is 0 Å². The number of halogens is 1. The molecule has 2 aromatic carbocycles. The fourth-order valence-electron chi connectivity index (χ4n) is 2.66. The summed E-state index contributed by atoms with van der Waals surface area (Å²) in [5.74, 6) is -0.246. The number of nitrogens with zero attached hydrogens (tertiary/aromatic N) is 1. The van der Waals surface area contributed by atoms with Gasteiger partial charge in [0.15, 0.2) is 6.61 Å². The van der Waals surface area contributed by atoms with Crippen molar-refractivity contribution in [3.05, 3.63) is 88.7 Å². The van der Waals surface area contributed by atoms with Gasteiger partial charge in [0.1, 0.15) is 5.75 Å². The van der Waals surface area contributed by atoms with Crippen molar-refractivity contribution in [3.8, 4) is 5.75 Å². The first-order valence-corrected chi connectivity index (χ1v) is 9.80. The van der Waals surface area contributed by atoms with E-state index in [1.54, 1.807) is 48.8 Å². The number of pyridine rings is 1. The summed E-state index contributed by atoms with van der Waals surface area (Å²) in [5.41, 5.74) is 1.98. The van der Waals surface area contributed by atoms with Crippen molar-refractivity contribution in [2.75, 3.05) is 11.9 Å². The fourth-order valence-corrected chi connectivity index (χ4v) is 2.93. The molecule has 1 unspecified atom stereocenters. The minimum Gasteiger partial charge on any atom is -0.483 e. The normalized spacial score (nSPS) is 11.4. The summed E-state index contributed by atoms with van der Waals surface area (Å²) in [6, 6.07) is 17.6. The number of para-hydroxylation sites is 1. The molecular formula is C22H20BrN3O3. The molecule has 1 heterocycles. The summed E-state index contributed by atoms with van der Waals surface area (Å²) < 4.78 is 6.53. The van der Waals surface area contributed by atoms with Crippen molar-refractivity contribution in [3.63, 3.8) is 0 Å². The zero-order valence-electron chi connectivity index (χ0n) is 15.8. The van der Waals surface area contributed by atoms with Crippen LogP contribution in [0.3, 0.4) is 0 Å². The Morgan fingerprint density at radius 1 is 1.03 bits per heavy atom. The Labute approximate surface area is 177 Å². The molecule has 0 spiro atoms. The van der Waals surface area contributed by atoms with E-state index in [0.29, 0.717) is 17.0 Å². The quantitative estimate of drug-likeness (QED) is 0.556. The Kier molecular flexibility index (Phi) is 6.97. The first-order chi connectivity index (χ1) is 14.0. The molecular weight excluding hydrogens is 434 g/mol. The molecule has 1 atom stereocenters. The Hall–Kier alpha value is -3.19. The van der Waals surface area contributed by atoms with E-state index in [1.165, 1.54) is 0 Å². The van der Waals surface area contributed by atoms with Gasteiger partial charge in [0.25, 0.3) is 11.8 Å². The van der Waals surface area contributed by atoms with Crippen LogP contribution in [0.15, 0.2) is 77.5 Å². The Morgan fingerprint density at radius 2 is 1.72 bits per heavy atom. The summed E-state index contributed by atoms with van der Waals surface area (Å²) >= 11 is 3.35. The molecule has 0 fully saturated rings. The fraction of sp³-hybridized carbons (Fsp3) is 0.136.